The molecule has 2 N–H and O–H groups in total. The quantitative estimate of drug-likeness (QED) is 0.746. The lowest BCUT2D eigenvalue weighted by molar-refractivity contribution is -0.124. The standard InChI is InChI=1S/C20H19ClN2O5/c1-27-20(26)15-11-14(7-8-16(15)21)22-18(24)12-4-2-5-13(10-12)23-19(25)17-6-3-9-28-17/h2,4-5,7-8,10-11,17H,3,6,9H2,1H3,(H,22,24)(H,23,25)/t17-/m0/s1. The van der Waals surface area contributed by atoms with Gasteiger partial charge in [-0.25, -0.2) is 4.79 Å². The van der Waals surface area contributed by atoms with Crippen LogP contribution in [0.15, 0.2) is 42.5 Å². The van der Waals surface area contributed by atoms with Crippen LogP contribution in [0.1, 0.15) is 33.6 Å². The zero-order valence-corrected chi connectivity index (χ0v) is 15.9. The lowest BCUT2D eigenvalue weighted by Gasteiger charge is -2.12. The number of nitrogens with one attached hydrogen (secondary N) is 2. The lowest BCUT2D eigenvalue weighted by atomic mass is 10.1. The number of carbonyl (C=O) groups is 3. The normalized spacial score (nSPS) is 15.7. The van der Waals surface area contributed by atoms with Crippen LogP contribution in [0.5, 0.6) is 0 Å². The molecule has 28 heavy (non-hydrogen) atoms. The Balaban J connectivity index is 1.71. The van der Waals surface area contributed by atoms with Crippen molar-refractivity contribution < 1.29 is 23.9 Å². The summed E-state index contributed by atoms with van der Waals surface area (Å²) in [4.78, 5) is 36.4. The van der Waals surface area contributed by atoms with E-state index in [9.17, 15) is 14.4 Å². The van der Waals surface area contributed by atoms with E-state index in [0.717, 1.165) is 6.42 Å². The third kappa shape index (κ3) is 4.68. The Bertz CT molecular complexity index is 909. The highest BCUT2D eigenvalue weighted by molar-refractivity contribution is 6.33. The molecule has 146 valence electrons. The fourth-order valence-electron chi connectivity index (χ4n) is 2.82. The summed E-state index contributed by atoms with van der Waals surface area (Å²) in [5.74, 6) is -1.22. The van der Waals surface area contributed by atoms with Crippen LogP contribution in [0, 0.1) is 0 Å². The molecule has 0 bridgehead atoms. The van der Waals surface area contributed by atoms with E-state index in [1.54, 1.807) is 30.3 Å². The van der Waals surface area contributed by atoms with Crippen molar-refractivity contribution in [1.82, 2.24) is 0 Å². The molecule has 0 aromatic heterocycles. The molecule has 3 rings (SSSR count). The average Bonchev–Trinajstić information content (AvgIpc) is 3.24. The molecular weight excluding hydrogens is 384 g/mol. The third-order valence-electron chi connectivity index (χ3n) is 4.24. The second-order valence-corrected chi connectivity index (χ2v) is 6.62. The number of anilines is 2. The maximum Gasteiger partial charge on any atom is 0.339 e. The monoisotopic (exact) mass is 402 g/mol. The molecule has 0 spiro atoms. The van der Waals surface area contributed by atoms with Gasteiger partial charge in [0.25, 0.3) is 11.8 Å². The fraction of sp³-hybridized carbons (Fsp3) is 0.250. The second-order valence-electron chi connectivity index (χ2n) is 6.21. The molecule has 1 aliphatic rings. The van der Waals surface area contributed by atoms with Crippen molar-refractivity contribution in [2.45, 2.75) is 18.9 Å². The Morgan fingerprint density at radius 3 is 2.61 bits per heavy atom. The number of benzene rings is 2. The largest absolute Gasteiger partial charge is 0.465 e. The van der Waals surface area contributed by atoms with Gasteiger partial charge in [-0.05, 0) is 49.2 Å². The van der Waals surface area contributed by atoms with Crippen molar-refractivity contribution >= 4 is 40.8 Å². The van der Waals surface area contributed by atoms with Crippen LogP contribution >= 0.6 is 11.6 Å². The van der Waals surface area contributed by atoms with E-state index < -0.39 is 18.0 Å². The Labute approximate surface area is 167 Å². The number of hydrogen-bond donors (Lipinski definition) is 2. The van der Waals surface area contributed by atoms with Gasteiger partial charge in [0.1, 0.15) is 6.10 Å². The number of ether oxygens (including phenoxy) is 2. The second kappa shape index (κ2) is 8.86. The molecular formula is C20H19ClN2O5. The summed E-state index contributed by atoms with van der Waals surface area (Å²) in [5, 5.41) is 5.68. The maximum absolute atomic E-state index is 12.5. The summed E-state index contributed by atoms with van der Waals surface area (Å²) >= 11 is 5.98. The molecule has 2 aromatic carbocycles. The molecule has 1 fully saturated rings. The average molecular weight is 403 g/mol. The van der Waals surface area contributed by atoms with Gasteiger partial charge in [-0.2, -0.15) is 0 Å². The van der Waals surface area contributed by atoms with E-state index in [-0.39, 0.29) is 16.5 Å². The van der Waals surface area contributed by atoms with Crippen LogP contribution in [-0.4, -0.2) is 37.6 Å². The van der Waals surface area contributed by atoms with E-state index in [0.29, 0.717) is 30.0 Å². The number of methoxy groups -OCH3 is 1. The zero-order chi connectivity index (χ0) is 20.1. The fourth-order valence-corrected chi connectivity index (χ4v) is 3.01. The molecule has 7 nitrogen and oxygen atoms in total. The molecule has 8 heteroatoms. The smallest absolute Gasteiger partial charge is 0.339 e. The van der Waals surface area contributed by atoms with E-state index in [1.165, 1.54) is 19.2 Å². The van der Waals surface area contributed by atoms with Crippen molar-refractivity contribution in [1.29, 1.82) is 0 Å². The van der Waals surface area contributed by atoms with Crippen LogP contribution < -0.4 is 10.6 Å². The predicted octanol–water partition coefficient (Wildman–Crippen LogP) is 3.50. The van der Waals surface area contributed by atoms with Gasteiger partial charge in [0, 0.05) is 23.5 Å². The van der Waals surface area contributed by atoms with Crippen molar-refractivity contribution in [3.63, 3.8) is 0 Å². The SMILES string of the molecule is COC(=O)c1cc(NC(=O)c2cccc(NC(=O)[C@@H]3CCCO3)c2)ccc1Cl. The van der Waals surface area contributed by atoms with Gasteiger partial charge >= 0.3 is 5.97 Å². The lowest BCUT2D eigenvalue weighted by Crippen LogP contribution is -2.27. The summed E-state index contributed by atoms with van der Waals surface area (Å²) in [5.41, 5.74) is 1.39. The molecule has 0 saturated carbocycles. The highest BCUT2D eigenvalue weighted by Gasteiger charge is 2.23. The molecule has 2 aromatic rings. The van der Waals surface area contributed by atoms with E-state index in [2.05, 4.69) is 15.4 Å². The summed E-state index contributed by atoms with van der Waals surface area (Å²) in [7, 11) is 1.25. The summed E-state index contributed by atoms with van der Waals surface area (Å²) in [6.45, 7) is 0.579. The van der Waals surface area contributed by atoms with Crippen LogP contribution in [0.25, 0.3) is 0 Å². The first kappa shape index (κ1) is 19.9. The Hall–Kier alpha value is -2.90. The van der Waals surface area contributed by atoms with Gasteiger partial charge in [0.2, 0.25) is 0 Å². The van der Waals surface area contributed by atoms with Crippen molar-refractivity contribution in [2.75, 3.05) is 24.4 Å². The van der Waals surface area contributed by atoms with Gasteiger partial charge in [-0.3, -0.25) is 9.59 Å². The Kier molecular flexibility index (Phi) is 6.28. The van der Waals surface area contributed by atoms with E-state index in [4.69, 9.17) is 16.3 Å². The topological polar surface area (TPSA) is 93.7 Å². The number of amides is 2. The highest BCUT2D eigenvalue weighted by atomic mass is 35.5. The minimum Gasteiger partial charge on any atom is -0.465 e. The molecule has 1 heterocycles. The number of rotatable bonds is 5. The number of hydrogen-bond acceptors (Lipinski definition) is 5. The van der Waals surface area contributed by atoms with Gasteiger partial charge in [0.05, 0.1) is 17.7 Å². The van der Waals surface area contributed by atoms with Gasteiger partial charge < -0.3 is 20.1 Å². The Morgan fingerprint density at radius 1 is 1.11 bits per heavy atom. The van der Waals surface area contributed by atoms with Crippen LogP contribution in [0.2, 0.25) is 5.02 Å². The summed E-state index contributed by atoms with van der Waals surface area (Å²) in [6, 6.07) is 11.1. The molecule has 0 radical (unpaired) electrons. The molecule has 1 aliphatic heterocycles. The number of carbonyl (C=O) groups excluding carboxylic acids is 3. The minimum absolute atomic E-state index is 0.152. The summed E-state index contributed by atoms with van der Waals surface area (Å²) < 4.78 is 10.0. The molecule has 2 amide bonds. The van der Waals surface area contributed by atoms with Crippen LogP contribution in [0.3, 0.4) is 0 Å². The summed E-state index contributed by atoms with van der Waals surface area (Å²) in [6.07, 6.45) is 1.09. The third-order valence-corrected chi connectivity index (χ3v) is 4.57. The van der Waals surface area contributed by atoms with E-state index in [1.807, 2.05) is 0 Å². The predicted molar refractivity (Wildman–Crippen MR) is 105 cm³/mol. The first-order valence-electron chi connectivity index (χ1n) is 8.69. The van der Waals surface area contributed by atoms with Crippen molar-refractivity contribution in [3.8, 4) is 0 Å². The zero-order valence-electron chi connectivity index (χ0n) is 15.2. The first-order chi connectivity index (χ1) is 13.5. The molecule has 0 unspecified atom stereocenters. The van der Waals surface area contributed by atoms with Gasteiger partial charge in [0.15, 0.2) is 0 Å². The highest BCUT2D eigenvalue weighted by Crippen LogP contribution is 2.22. The number of esters is 1. The molecule has 1 atom stereocenters. The van der Waals surface area contributed by atoms with Crippen LogP contribution in [-0.2, 0) is 14.3 Å². The van der Waals surface area contributed by atoms with Crippen LogP contribution in [0.4, 0.5) is 11.4 Å². The maximum atomic E-state index is 12.5. The molecule has 0 aliphatic carbocycles. The number of halogens is 1. The van der Waals surface area contributed by atoms with E-state index >= 15 is 0 Å². The van der Waals surface area contributed by atoms with Gasteiger partial charge in [-0.15, -0.1) is 0 Å². The van der Waals surface area contributed by atoms with Crippen molar-refractivity contribution in [3.05, 3.63) is 58.6 Å². The minimum atomic E-state index is -0.597. The first-order valence-corrected chi connectivity index (χ1v) is 9.07. The van der Waals surface area contributed by atoms with Gasteiger partial charge in [-0.1, -0.05) is 17.7 Å². The Morgan fingerprint density at radius 2 is 1.89 bits per heavy atom. The molecule has 1 saturated heterocycles. The van der Waals surface area contributed by atoms with Crippen molar-refractivity contribution in [2.24, 2.45) is 0 Å².